The lowest BCUT2D eigenvalue weighted by Crippen LogP contribution is -2.44. The lowest BCUT2D eigenvalue weighted by Gasteiger charge is -2.31. The molecule has 0 bridgehead atoms. The van der Waals surface area contributed by atoms with Crippen LogP contribution in [0.1, 0.15) is 30.4 Å². The first-order valence-corrected chi connectivity index (χ1v) is 11.4. The number of nitrogens with zero attached hydrogens (tertiary/aromatic N) is 2. The van der Waals surface area contributed by atoms with Crippen molar-refractivity contribution in [1.82, 2.24) is 4.90 Å². The van der Waals surface area contributed by atoms with Crippen LogP contribution in [0.2, 0.25) is 0 Å². The van der Waals surface area contributed by atoms with Crippen molar-refractivity contribution in [3.63, 3.8) is 0 Å². The number of rotatable bonds is 7. The molecule has 1 N–H and O–H groups in total. The van der Waals surface area contributed by atoms with Crippen LogP contribution in [0.3, 0.4) is 0 Å². The molecule has 0 radical (unpaired) electrons. The Labute approximate surface area is 168 Å². The van der Waals surface area contributed by atoms with Gasteiger partial charge in [0.25, 0.3) is 10.0 Å². The zero-order valence-electron chi connectivity index (χ0n) is 16.7. The largest absolute Gasteiger partial charge is 0.390 e. The van der Waals surface area contributed by atoms with Crippen molar-refractivity contribution < 1.29 is 13.5 Å². The van der Waals surface area contributed by atoms with E-state index in [1.165, 1.54) is 10.7 Å². The van der Waals surface area contributed by atoms with Crippen LogP contribution < -0.4 is 4.31 Å². The lowest BCUT2D eigenvalue weighted by molar-refractivity contribution is 0.107. The van der Waals surface area contributed by atoms with Crippen LogP contribution in [0.4, 0.5) is 5.69 Å². The molecule has 0 unspecified atom stereocenters. The smallest absolute Gasteiger partial charge is 0.264 e. The molecule has 5 nitrogen and oxygen atoms in total. The molecule has 1 aliphatic rings. The van der Waals surface area contributed by atoms with Gasteiger partial charge >= 0.3 is 0 Å². The predicted octanol–water partition coefficient (Wildman–Crippen LogP) is 3.35. The van der Waals surface area contributed by atoms with E-state index in [-0.39, 0.29) is 11.4 Å². The average Bonchev–Trinajstić information content (AvgIpc) is 2.68. The summed E-state index contributed by atoms with van der Waals surface area (Å²) in [7, 11) is -3.76. The summed E-state index contributed by atoms with van der Waals surface area (Å²) in [5, 5.41) is 10.7. The summed E-state index contributed by atoms with van der Waals surface area (Å²) in [6.45, 7) is 6.35. The Morgan fingerprint density at radius 3 is 2.04 bits per heavy atom. The molecule has 0 aliphatic carbocycles. The van der Waals surface area contributed by atoms with Gasteiger partial charge in [-0.2, -0.15) is 0 Å². The van der Waals surface area contributed by atoms with Gasteiger partial charge < -0.3 is 10.0 Å². The molecule has 1 fully saturated rings. The Hall–Kier alpha value is -1.89. The van der Waals surface area contributed by atoms with Crippen LogP contribution in [0.5, 0.6) is 0 Å². The zero-order chi connectivity index (χ0) is 20.1. The van der Waals surface area contributed by atoms with Crippen molar-refractivity contribution in [2.75, 3.05) is 30.5 Å². The van der Waals surface area contributed by atoms with E-state index in [0.29, 0.717) is 12.2 Å². The number of hydrogen-bond acceptors (Lipinski definition) is 4. The summed E-state index contributed by atoms with van der Waals surface area (Å²) in [5.41, 5.74) is 2.64. The van der Waals surface area contributed by atoms with E-state index in [1.807, 2.05) is 26.0 Å². The SMILES string of the molecule is Cc1ccc(N(C[C@@H](O)CN2CCCCC2)S(=O)(=O)c2ccc(C)cc2)cc1. The van der Waals surface area contributed by atoms with Gasteiger partial charge in [-0.05, 0) is 64.0 Å². The van der Waals surface area contributed by atoms with Crippen LogP contribution >= 0.6 is 0 Å². The molecule has 1 aliphatic heterocycles. The Bertz CT molecular complexity index is 858. The van der Waals surface area contributed by atoms with Crippen molar-refractivity contribution >= 4 is 15.7 Å². The molecule has 152 valence electrons. The molecule has 2 aromatic carbocycles. The summed E-state index contributed by atoms with van der Waals surface area (Å²) < 4.78 is 28.1. The third kappa shape index (κ3) is 5.13. The third-order valence-electron chi connectivity index (χ3n) is 5.23. The van der Waals surface area contributed by atoms with Crippen molar-refractivity contribution in [3.05, 3.63) is 59.7 Å². The topological polar surface area (TPSA) is 60.9 Å². The molecule has 6 heteroatoms. The molecule has 3 rings (SSSR count). The van der Waals surface area contributed by atoms with E-state index in [2.05, 4.69) is 4.90 Å². The number of aryl methyl sites for hydroxylation is 2. The molecular weight excluding hydrogens is 372 g/mol. The van der Waals surface area contributed by atoms with Gasteiger partial charge in [-0.3, -0.25) is 4.31 Å². The molecule has 0 amide bonds. The number of benzene rings is 2. The minimum absolute atomic E-state index is 0.0375. The standard InChI is InChI=1S/C22H30N2O3S/c1-18-6-10-20(11-7-18)24(17-21(25)16-23-14-4-3-5-15-23)28(26,27)22-12-8-19(2)9-13-22/h6-13,21,25H,3-5,14-17H2,1-2H3/t21-/m0/s1. The molecule has 1 heterocycles. The summed E-state index contributed by atoms with van der Waals surface area (Å²) in [4.78, 5) is 2.46. The maximum Gasteiger partial charge on any atom is 0.264 e. The van der Waals surface area contributed by atoms with Crippen molar-refractivity contribution in [2.24, 2.45) is 0 Å². The second-order valence-electron chi connectivity index (χ2n) is 7.70. The molecular formula is C22H30N2O3S. The zero-order valence-corrected chi connectivity index (χ0v) is 17.5. The monoisotopic (exact) mass is 402 g/mol. The number of likely N-dealkylation sites (tertiary alicyclic amines) is 1. The second kappa shape index (κ2) is 9.07. The number of hydrogen-bond donors (Lipinski definition) is 1. The van der Waals surface area contributed by atoms with E-state index < -0.39 is 16.1 Å². The first kappa shape index (κ1) is 20.8. The quantitative estimate of drug-likeness (QED) is 0.772. The van der Waals surface area contributed by atoms with Crippen molar-refractivity contribution in [2.45, 2.75) is 44.1 Å². The summed E-state index contributed by atoms with van der Waals surface area (Å²) in [5.74, 6) is 0. The van der Waals surface area contributed by atoms with Gasteiger partial charge in [-0.1, -0.05) is 41.8 Å². The molecule has 0 spiro atoms. The number of sulfonamides is 1. The summed E-state index contributed by atoms with van der Waals surface area (Å²) in [6.07, 6.45) is 2.75. The van der Waals surface area contributed by atoms with Crippen molar-refractivity contribution in [3.8, 4) is 0 Å². The summed E-state index contributed by atoms with van der Waals surface area (Å²) in [6, 6.07) is 14.2. The number of aliphatic hydroxyl groups is 1. The van der Waals surface area contributed by atoms with Crippen LogP contribution in [0.25, 0.3) is 0 Å². The van der Waals surface area contributed by atoms with Gasteiger partial charge in [-0.25, -0.2) is 8.42 Å². The maximum atomic E-state index is 13.4. The minimum Gasteiger partial charge on any atom is -0.390 e. The molecule has 28 heavy (non-hydrogen) atoms. The molecule has 1 saturated heterocycles. The highest BCUT2D eigenvalue weighted by atomic mass is 32.2. The van der Waals surface area contributed by atoms with Crippen molar-refractivity contribution in [1.29, 1.82) is 0 Å². The first-order chi connectivity index (χ1) is 13.4. The fourth-order valence-electron chi connectivity index (χ4n) is 3.58. The van der Waals surface area contributed by atoms with Crippen LogP contribution in [0, 0.1) is 13.8 Å². The Balaban J connectivity index is 1.86. The fraction of sp³-hybridized carbons (Fsp3) is 0.455. The fourth-order valence-corrected chi connectivity index (χ4v) is 5.08. The van der Waals surface area contributed by atoms with Gasteiger partial charge in [0.15, 0.2) is 0 Å². The predicted molar refractivity (Wildman–Crippen MR) is 113 cm³/mol. The van der Waals surface area contributed by atoms with Crippen LogP contribution in [0.15, 0.2) is 53.4 Å². The highest BCUT2D eigenvalue weighted by Crippen LogP contribution is 2.25. The van der Waals surface area contributed by atoms with Crippen LogP contribution in [-0.4, -0.2) is 50.7 Å². The highest BCUT2D eigenvalue weighted by molar-refractivity contribution is 7.92. The molecule has 2 aromatic rings. The van der Waals surface area contributed by atoms with Gasteiger partial charge in [0.1, 0.15) is 0 Å². The molecule has 0 aromatic heterocycles. The summed E-state index contributed by atoms with van der Waals surface area (Å²) >= 11 is 0. The number of β-amino-alcohol motifs (C(OH)–C–C–N with tert-alkyl or cyclic N) is 1. The van der Waals surface area contributed by atoms with Gasteiger partial charge in [0.2, 0.25) is 0 Å². The maximum absolute atomic E-state index is 13.4. The Kier molecular flexibility index (Phi) is 6.75. The van der Waals surface area contributed by atoms with E-state index in [1.54, 1.807) is 36.4 Å². The molecule has 1 atom stereocenters. The number of aliphatic hydroxyl groups excluding tert-OH is 1. The Morgan fingerprint density at radius 1 is 0.929 bits per heavy atom. The van der Waals surface area contributed by atoms with E-state index in [9.17, 15) is 13.5 Å². The van der Waals surface area contributed by atoms with Crippen LogP contribution in [-0.2, 0) is 10.0 Å². The molecule has 0 saturated carbocycles. The highest BCUT2D eigenvalue weighted by Gasteiger charge is 2.28. The van der Waals surface area contributed by atoms with Gasteiger partial charge in [-0.15, -0.1) is 0 Å². The normalized spacial score (nSPS) is 16.7. The van der Waals surface area contributed by atoms with E-state index >= 15 is 0 Å². The second-order valence-corrected chi connectivity index (χ2v) is 9.56. The van der Waals surface area contributed by atoms with E-state index in [0.717, 1.165) is 37.1 Å². The third-order valence-corrected chi connectivity index (χ3v) is 7.03. The van der Waals surface area contributed by atoms with E-state index in [4.69, 9.17) is 0 Å². The Morgan fingerprint density at radius 2 is 1.46 bits per heavy atom. The average molecular weight is 403 g/mol. The lowest BCUT2D eigenvalue weighted by atomic mass is 10.1. The van der Waals surface area contributed by atoms with Gasteiger partial charge in [0, 0.05) is 6.54 Å². The van der Waals surface area contributed by atoms with Gasteiger partial charge in [0.05, 0.1) is 23.2 Å². The first-order valence-electron chi connectivity index (χ1n) is 9.93. The minimum atomic E-state index is -3.76. The number of anilines is 1. The number of piperidine rings is 1.